The van der Waals surface area contributed by atoms with Crippen molar-refractivity contribution in [1.82, 2.24) is 10.6 Å². The van der Waals surface area contributed by atoms with E-state index in [9.17, 15) is 4.79 Å². The second kappa shape index (κ2) is 4.51. The summed E-state index contributed by atoms with van der Waals surface area (Å²) in [6.07, 6.45) is 5.04. The highest BCUT2D eigenvalue weighted by atomic mass is 32.2. The first-order valence-electron chi connectivity index (χ1n) is 5.11. The van der Waals surface area contributed by atoms with E-state index in [2.05, 4.69) is 10.6 Å². The molecule has 2 fully saturated rings. The largest absolute Gasteiger partial charge is 0.481 e. The molecule has 0 aromatic heterocycles. The number of aliphatic carboxylic acids is 1. The van der Waals surface area contributed by atoms with Gasteiger partial charge in [-0.05, 0) is 12.8 Å². The quantitative estimate of drug-likeness (QED) is 0.644. The molecule has 1 saturated heterocycles. The summed E-state index contributed by atoms with van der Waals surface area (Å²) >= 11 is 1.44. The third-order valence-electron chi connectivity index (χ3n) is 2.87. The van der Waals surface area contributed by atoms with E-state index in [1.807, 2.05) is 0 Å². The van der Waals surface area contributed by atoms with Crippen LogP contribution in [0.5, 0.6) is 0 Å². The minimum absolute atomic E-state index is 0.138. The fourth-order valence-electron chi connectivity index (χ4n) is 2.22. The lowest BCUT2D eigenvalue weighted by Crippen LogP contribution is -2.36. The van der Waals surface area contributed by atoms with E-state index >= 15 is 0 Å². The highest BCUT2D eigenvalue weighted by Gasteiger charge is 2.34. The Balaban J connectivity index is 1.78. The van der Waals surface area contributed by atoms with Crippen LogP contribution in [0.25, 0.3) is 0 Å². The van der Waals surface area contributed by atoms with Gasteiger partial charge in [0.15, 0.2) is 0 Å². The lowest BCUT2D eigenvalue weighted by atomic mass is 9.92. The summed E-state index contributed by atoms with van der Waals surface area (Å²) in [6.45, 7) is 0. The van der Waals surface area contributed by atoms with E-state index in [-0.39, 0.29) is 11.3 Å². The van der Waals surface area contributed by atoms with E-state index in [1.165, 1.54) is 37.4 Å². The van der Waals surface area contributed by atoms with Crippen molar-refractivity contribution >= 4 is 17.7 Å². The third-order valence-corrected chi connectivity index (χ3v) is 3.89. The maximum absolute atomic E-state index is 10.4. The minimum Gasteiger partial charge on any atom is -0.481 e. The average Bonchev–Trinajstić information content (AvgIpc) is 2.57. The smallest absolute Gasteiger partial charge is 0.313 e. The molecule has 0 bridgehead atoms. The number of carboxylic acid groups (broad SMARTS) is 1. The SMILES string of the molecule is O=C(O)CSC1NC2CCCCC2N1. The summed E-state index contributed by atoms with van der Waals surface area (Å²) in [6, 6.07) is 1.13. The Labute approximate surface area is 87.8 Å². The third kappa shape index (κ3) is 2.40. The van der Waals surface area contributed by atoms with Crippen molar-refractivity contribution in [3.8, 4) is 0 Å². The molecule has 14 heavy (non-hydrogen) atoms. The predicted molar refractivity (Wildman–Crippen MR) is 56.2 cm³/mol. The molecule has 2 unspecified atom stereocenters. The number of hydrogen-bond donors (Lipinski definition) is 3. The van der Waals surface area contributed by atoms with E-state index < -0.39 is 5.97 Å². The van der Waals surface area contributed by atoms with Gasteiger partial charge in [0.25, 0.3) is 0 Å². The number of fused-ring (bicyclic) bond motifs is 1. The van der Waals surface area contributed by atoms with E-state index in [0.717, 1.165) is 0 Å². The summed E-state index contributed by atoms with van der Waals surface area (Å²) in [5.74, 6) is -0.571. The Hall–Kier alpha value is -0.260. The van der Waals surface area contributed by atoms with Gasteiger partial charge in [0.05, 0.1) is 5.75 Å². The molecule has 80 valence electrons. The van der Waals surface area contributed by atoms with Crippen molar-refractivity contribution in [3.63, 3.8) is 0 Å². The Morgan fingerprint density at radius 1 is 1.29 bits per heavy atom. The van der Waals surface area contributed by atoms with Crippen LogP contribution in [0.4, 0.5) is 0 Å². The van der Waals surface area contributed by atoms with Crippen LogP contribution >= 0.6 is 11.8 Å². The van der Waals surface area contributed by atoms with Crippen molar-refractivity contribution in [2.24, 2.45) is 0 Å². The average molecular weight is 216 g/mol. The molecule has 1 aliphatic heterocycles. The molecule has 5 heteroatoms. The first kappa shape index (κ1) is 10.3. The van der Waals surface area contributed by atoms with Gasteiger partial charge in [0, 0.05) is 12.1 Å². The van der Waals surface area contributed by atoms with Crippen molar-refractivity contribution in [1.29, 1.82) is 0 Å². The summed E-state index contributed by atoms with van der Waals surface area (Å²) in [7, 11) is 0. The number of carbonyl (C=O) groups is 1. The highest BCUT2D eigenvalue weighted by Crippen LogP contribution is 2.25. The Morgan fingerprint density at radius 3 is 2.36 bits per heavy atom. The zero-order chi connectivity index (χ0) is 9.97. The number of rotatable bonds is 3. The molecule has 0 spiro atoms. The van der Waals surface area contributed by atoms with Gasteiger partial charge in [0.2, 0.25) is 0 Å². The molecule has 1 heterocycles. The fraction of sp³-hybridized carbons (Fsp3) is 0.889. The van der Waals surface area contributed by atoms with Crippen LogP contribution in [0.3, 0.4) is 0 Å². The second-order valence-electron chi connectivity index (χ2n) is 3.92. The monoisotopic (exact) mass is 216 g/mol. The van der Waals surface area contributed by atoms with Crippen molar-refractivity contribution in [3.05, 3.63) is 0 Å². The summed E-state index contributed by atoms with van der Waals surface area (Å²) in [5.41, 5.74) is 0.138. The van der Waals surface area contributed by atoms with E-state index in [4.69, 9.17) is 5.11 Å². The van der Waals surface area contributed by atoms with E-state index in [1.54, 1.807) is 0 Å². The molecular weight excluding hydrogens is 200 g/mol. The van der Waals surface area contributed by atoms with Crippen LogP contribution in [-0.4, -0.2) is 34.4 Å². The van der Waals surface area contributed by atoms with E-state index in [0.29, 0.717) is 12.1 Å². The van der Waals surface area contributed by atoms with Gasteiger partial charge in [-0.15, -0.1) is 11.8 Å². The highest BCUT2D eigenvalue weighted by molar-refractivity contribution is 8.00. The summed E-state index contributed by atoms with van der Waals surface area (Å²) in [5, 5.41) is 15.4. The minimum atomic E-state index is -0.742. The van der Waals surface area contributed by atoms with Gasteiger partial charge in [0.1, 0.15) is 5.50 Å². The lowest BCUT2D eigenvalue weighted by molar-refractivity contribution is -0.133. The zero-order valence-corrected chi connectivity index (χ0v) is 8.85. The number of hydrogen-bond acceptors (Lipinski definition) is 4. The number of nitrogens with one attached hydrogen (secondary N) is 2. The van der Waals surface area contributed by atoms with Gasteiger partial charge in [-0.2, -0.15) is 0 Å². The molecule has 0 aromatic carbocycles. The first-order chi connectivity index (χ1) is 6.75. The van der Waals surface area contributed by atoms with Gasteiger partial charge >= 0.3 is 5.97 Å². The molecular formula is C9H16N2O2S. The van der Waals surface area contributed by atoms with Crippen LogP contribution in [0, 0.1) is 0 Å². The number of carboxylic acids is 1. The van der Waals surface area contributed by atoms with Crippen LogP contribution in [0.2, 0.25) is 0 Å². The van der Waals surface area contributed by atoms with Gasteiger partial charge in [-0.1, -0.05) is 12.8 Å². The molecule has 0 amide bonds. The standard InChI is InChI=1S/C9H16N2O2S/c12-8(13)5-14-9-10-6-3-1-2-4-7(6)11-9/h6-7,9-11H,1-5H2,(H,12,13). The molecule has 0 radical (unpaired) electrons. The fourth-order valence-corrected chi connectivity index (χ4v) is 3.07. The summed E-state index contributed by atoms with van der Waals surface area (Å²) < 4.78 is 0. The van der Waals surface area contributed by atoms with Crippen LogP contribution in [0.1, 0.15) is 25.7 Å². The topological polar surface area (TPSA) is 61.4 Å². The molecule has 2 aliphatic rings. The Morgan fingerprint density at radius 2 is 1.86 bits per heavy atom. The second-order valence-corrected chi connectivity index (χ2v) is 5.01. The Kier molecular flexibility index (Phi) is 3.30. The lowest BCUT2D eigenvalue weighted by Gasteiger charge is -2.23. The molecule has 1 aliphatic carbocycles. The normalized spacial score (nSPS) is 36.7. The van der Waals surface area contributed by atoms with Gasteiger partial charge < -0.3 is 5.11 Å². The molecule has 2 rings (SSSR count). The Bertz CT molecular complexity index is 211. The van der Waals surface area contributed by atoms with Gasteiger partial charge in [-0.3, -0.25) is 15.4 Å². The molecule has 1 saturated carbocycles. The zero-order valence-electron chi connectivity index (χ0n) is 8.03. The maximum atomic E-state index is 10.4. The van der Waals surface area contributed by atoms with Crippen molar-refractivity contribution in [2.75, 3.05) is 5.75 Å². The van der Waals surface area contributed by atoms with Gasteiger partial charge in [-0.25, -0.2) is 0 Å². The summed E-state index contributed by atoms with van der Waals surface area (Å²) in [4.78, 5) is 10.4. The maximum Gasteiger partial charge on any atom is 0.313 e. The molecule has 4 nitrogen and oxygen atoms in total. The first-order valence-corrected chi connectivity index (χ1v) is 6.16. The van der Waals surface area contributed by atoms with Crippen molar-refractivity contribution < 1.29 is 9.90 Å². The molecule has 2 atom stereocenters. The predicted octanol–water partition coefficient (Wildman–Crippen LogP) is 0.592. The van der Waals surface area contributed by atoms with Crippen molar-refractivity contribution in [2.45, 2.75) is 43.3 Å². The van der Waals surface area contributed by atoms with Crippen LogP contribution in [0.15, 0.2) is 0 Å². The number of thioether (sulfide) groups is 1. The molecule has 3 N–H and O–H groups in total. The molecule has 0 aromatic rings. The van der Waals surface area contributed by atoms with Crippen LogP contribution in [-0.2, 0) is 4.79 Å². The van der Waals surface area contributed by atoms with Crippen LogP contribution < -0.4 is 10.6 Å².